The molecule has 28 heavy (non-hydrogen) atoms. The second-order valence-electron chi connectivity index (χ2n) is 8.68. The number of nitriles is 2. The lowest BCUT2D eigenvalue weighted by Crippen LogP contribution is -2.17. The van der Waals surface area contributed by atoms with E-state index in [2.05, 4.69) is 53.7 Å². The molecule has 0 saturated carbocycles. The number of nitrogens with zero attached hydrogens (tertiary/aromatic N) is 2. The highest BCUT2D eigenvalue weighted by molar-refractivity contribution is 5.60. The Morgan fingerprint density at radius 1 is 0.679 bits per heavy atom. The van der Waals surface area contributed by atoms with E-state index < -0.39 is 0 Å². The second-order valence-corrected chi connectivity index (χ2v) is 8.68. The van der Waals surface area contributed by atoms with Crippen LogP contribution in [-0.4, -0.2) is 12.2 Å². The van der Waals surface area contributed by atoms with Gasteiger partial charge in [0.1, 0.15) is 12.1 Å². The van der Waals surface area contributed by atoms with Crippen molar-refractivity contribution in [1.29, 1.82) is 10.5 Å². The van der Waals surface area contributed by atoms with E-state index >= 15 is 0 Å². The molecule has 0 N–H and O–H groups in total. The molecule has 1 aromatic rings. The van der Waals surface area contributed by atoms with E-state index in [0.29, 0.717) is 36.2 Å². The minimum atomic E-state index is 0.134. The number of rotatable bonds is 10. The molecular formula is C24H36N2O2. The standard InChI is InChI=1S/C24H36N2O2/c1-15(2)9-17(5)27-13-23-19(7)21(11-25)22(12-26)20(8)24(23)14-28-18(6)10-16(3)4/h15-18H,9-10,13-14H2,1-8H3. The van der Waals surface area contributed by atoms with E-state index in [1.807, 2.05) is 13.8 Å². The molecule has 1 aromatic carbocycles. The molecule has 0 aliphatic carbocycles. The predicted molar refractivity (Wildman–Crippen MR) is 113 cm³/mol. The first-order valence-electron chi connectivity index (χ1n) is 10.3. The zero-order valence-electron chi connectivity index (χ0n) is 18.8. The maximum absolute atomic E-state index is 9.61. The average Bonchev–Trinajstić information content (AvgIpc) is 2.59. The Morgan fingerprint density at radius 2 is 1.00 bits per heavy atom. The van der Waals surface area contributed by atoms with Crippen molar-refractivity contribution in [1.82, 2.24) is 0 Å². The normalized spacial score (nSPS) is 13.4. The summed E-state index contributed by atoms with van der Waals surface area (Å²) in [5.74, 6) is 1.13. The highest BCUT2D eigenvalue weighted by Gasteiger charge is 2.21. The van der Waals surface area contributed by atoms with Crippen molar-refractivity contribution in [3.63, 3.8) is 0 Å². The molecule has 4 heteroatoms. The number of hydrogen-bond acceptors (Lipinski definition) is 4. The Bertz CT molecular complexity index is 676. The highest BCUT2D eigenvalue weighted by atomic mass is 16.5. The van der Waals surface area contributed by atoms with Crippen LogP contribution >= 0.6 is 0 Å². The summed E-state index contributed by atoms with van der Waals surface area (Å²) in [4.78, 5) is 0. The van der Waals surface area contributed by atoms with Crippen molar-refractivity contribution < 1.29 is 9.47 Å². The van der Waals surface area contributed by atoms with E-state index in [1.54, 1.807) is 0 Å². The van der Waals surface area contributed by atoms with Crippen LogP contribution in [0.2, 0.25) is 0 Å². The van der Waals surface area contributed by atoms with Gasteiger partial charge in [-0.2, -0.15) is 10.5 Å². The Labute approximate surface area is 171 Å². The lowest BCUT2D eigenvalue weighted by molar-refractivity contribution is 0.0287. The molecule has 2 unspecified atom stereocenters. The van der Waals surface area contributed by atoms with E-state index in [0.717, 1.165) is 35.1 Å². The van der Waals surface area contributed by atoms with Crippen LogP contribution in [0.25, 0.3) is 0 Å². The molecule has 0 bridgehead atoms. The zero-order chi connectivity index (χ0) is 21.4. The Balaban J connectivity index is 3.24. The fraction of sp³-hybridized carbons (Fsp3) is 0.667. The molecule has 0 aliphatic rings. The Morgan fingerprint density at radius 3 is 1.25 bits per heavy atom. The van der Waals surface area contributed by atoms with Crippen LogP contribution in [0.1, 0.15) is 87.8 Å². The summed E-state index contributed by atoms with van der Waals surface area (Å²) in [6.45, 7) is 17.6. The fourth-order valence-corrected chi connectivity index (χ4v) is 3.71. The summed E-state index contributed by atoms with van der Waals surface area (Å²) in [5.41, 5.74) is 4.54. The van der Waals surface area contributed by atoms with Gasteiger partial charge in [-0.25, -0.2) is 0 Å². The van der Waals surface area contributed by atoms with Crippen LogP contribution in [0.3, 0.4) is 0 Å². The van der Waals surface area contributed by atoms with Crippen LogP contribution in [0.15, 0.2) is 0 Å². The van der Waals surface area contributed by atoms with Crippen molar-refractivity contribution in [2.45, 2.75) is 93.7 Å². The first-order valence-corrected chi connectivity index (χ1v) is 10.3. The van der Waals surface area contributed by atoms with Gasteiger partial charge in [0.15, 0.2) is 0 Å². The monoisotopic (exact) mass is 384 g/mol. The van der Waals surface area contributed by atoms with Crippen LogP contribution in [0, 0.1) is 48.3 Å². The van der Waals surface area contributed by atoms with E-state index in [9.17, 15) is 10.5 Å². The third-order valence-corrected chi connectivity index (χ3v) is 5.12. The number of benzene rings is 1. The largest absolute Gasteiger partial charge is 0.374 e. The molecular weight excluding hydrogens is 348 g/mol. The molecule has 4 nitrogen and oxygen atoms in total. The topological polar surface area (TPSA) is 66.0 Å². The predicted octanol–water partition coefficient (Wildman–Crippen LogP) is 5.95. The van der Waals surface area contributed by atoms with Gasteiger partial charge in [0.2, 0.25) is 0 Å². The second kappa shape index (κ2) is 11.2. The fourth-order valence-electron chi connectivity index (χ4n) is 3.71. The molecule has 154 valence electrons. The molecule has 0 spiro atoms. The third-order valence-electron chi connectivity index (χ3n) is 5.12. The summed E-state index contributed by atoms with van der Waals surface area (Å²) < 4.78 is 12.2. The first kappa shape index (κ1) is 24.2. The van der Waals surface area contributed by atoms with Gasteiger partial charge in [-0.1, -0.05) is 27.7 Å². The highest BCUT2D eigenvalue weighted by Crippen LogP contribution is 2.29. The molecule has 2 atom stereocenters. The third kappa shape index (κ3) is 6.62. The number of ether oxygens (including phenoxy) is 2. The minimum Gasteiger partial charge on any atom is -0.374 e. The maximum atomic E-state index is 9.61. The molecule has 0 heterocycles. The molecule has 1 rings (SSSR count). The quantitative estimate of drug-likeness (QED) is 0.500. The van der Waals surface area contributed by atoms with E-state index in [1.165, 1.54) is 0 Å². The Hall–Kier alpha value is -1.88. The molecule has 0 fully saturated rings. The van der Waals surface area contributed by atoms with Gasteiger partial charge >= 0.3 is 0 Å². The SMILES string of the molecule is Cc1c(C#N)c(C#N)c(C)c(COC(C)CC(C)C)c1COC(C)CC(C)C. The smallest absolute Gasteiger partial charge is 0.101 e. The van der Waals surface area contributed by atoms with Gasteiger partial charge < -0.3 is 9.47 Å². The lowest BCUT2D eigenvalue weighted by atomic mass is 9.89. The number of hydrogen-bond donors (Lipinski definition) is 0. The van der Waals surface area contributed by atoms with Crippen molar-refractivity contribution in [3.8, 4) is 12.1 Å². The minimum absolute atomic E-state index is 0.134. The summed E-state index contributed by atoms with van der Waals surface area (Å²) in [6, 6.07) is 4.43. The summed E-state index contributed by atoms with van der Waals surface area (Å²) in [6.07, 6.45) is 2.23. The van der Waals surface area contributed by atoms with Crippen LogP contribution in [0.4, 0.5) is 0 Å². The Kier molecular flexibility index (Phi) is 9.66. The average molecular weight is 385 g/mol. The molecule has 0 aliphatic heterocycles. The van der Waals surface area contributed by atoms with Gasteiger partial charge in [0.25, 0.3) is 0 Å². The molecule has 0 radical (unpaired) electrons. The van der Waals surface area contributed by atoms with E-state index in [4.69, 9.17) is 9.47 Å². The molecule has 0 amide bonds. The van der Waals surface area contributed by atoms with Crippen molar-refractivity contribution in [2.75, 3.05) is 0 Å². The van der Waals surface area contributed by atoms with Crippen molar-refractivity contribution in [2.24, 2.45) is 11.8 Å². The van der Waals surface area contributed by atoms with Crippen LogP contribution in [-0.2, 0) is 22.7 Å². The molecule has 0 saturated heterocycles. The van der Waals surface area contributed by atoms with Gasteiger partial charge in [0, 0.05) is 0 Å². The van der Waals surface area contributed by atoms with Gasteiger partial charge in [0.05, 0.1) is 36.5 Å². The van der Waals surface area contributed by atoms with Crippen LogP contribution in [0.5, 0.6) is 0 Å². The zero-order valence-corrected chi connectivity index (χ0v) is 18.8. The van der Waals surface area contributed by atoms with Gasteiger partial charge in [-0.15, -0.1) is 0 Å². The van der Waals surface area contributed by atoms with Crippen molar-refractivity contribution >= 4 is 0 Å². The summed E-state index contributed by atoms with van der Waals surface area (Å²) in [7, 11) is 0. The first-order chi connectivity index (χ1) is 13.1. The van der Waals surface area contributed by atoms with Crippen LogP contribution < -0.4 is 0 Å². The maximum Gasteiger partial charge on any atom is 0.101 e. The summed E-state index contributed by atoms with van der Waals surface area (Å²) in [5, 5.41) is 19.2. The van der Waals surface area contributed by atoms with E-state index in [-0.39, 0.29) is 12.2 Å². The molecule has 0 aromatic heterocycles. The van der Waals surface area contributed by atoms with Gasteiger partial charge in [-0.05, 0) is 74.6 Å². The van der Waals surface area contributed by atoms with Gasteiger partial charge in [-0.3, -0.25) is 0 Å². The lowest BCUT2D eigenvalue weighted by Gasteiger charge is -2.23. The summed E-state index contributed by atoms with van der Waals surface area (Å²) >= 11 is 0. The van der Waals surface area contributed by atoms with Crippen molar-refractivity contribution in [3.05, 3.63) is 33.4 Å².